The number of hydrogen-bond donors (Lipinski definition) is 2. The first kappa shape index (κ1) is 22.0. The van der Waals surface area contributed by atoms with Crippen LogP contribution in [-0.2, 0) is 16.3 Å². The average molecular weight is 432 g/mol. The van der Waals surface area contributed by atoms with Gasteiger partial charge in [-0.25, -0.2) is 8.42 Å². The molecule has 0 saturated carbocycles. The van der Waals surface area contributed by atoms with Gasteiger partial charge >= 0.3 is 0 Å². The minimum atomic E-state index is -2.93. The molecule has 0 radical (unpaired) electrons. The molecule has 2 atom stereocenters. The molecule has 2 N–H and O–H groups in total. The van der Waals surface area contributed by atoms with Gasteiger partial charge in [0.05, 0.1) is 5.75 Å². The van der Waals surface area contributed by atoms with E-state index in [4.69, 9.17) is 0 Å². The van der Waals surface area contributed by atoms with Crippen molar-refractivity contribution in [2.45, 2.75) is 39.2 Å². The van der Waals surface area contributed by atoms with Gasteiger partial charge < -0.3 is 10.6 Å². The molecule has 0 amide bonds. The minimum absolute atomic E-state index is 0.0473. The van der Waals surface area contributed by atoms with Crippen molar-refractivity contribution in [1.29, 1.82) is 0 Å². The van der Waals surface area contributed by atoms with Crippen LogP contribution in [0.15, 0.2) is 33.7 Å². The molecule has 0 heterocycles. The van der Waals surface area contributed by atoms with E-state index in [0.29, 0.717) is 18.3 Å². The first-order valence-electron chi connectivity index (χ1n) is 8.62. The summed E-state index contributed by atoms with van der Waals surface area (Å²) in [5.74, 6) is 1.39. The third-order valence-corrected chi connectivity index (χ3v) is 5.55. The van der Waals surface area contributed by atoms with Gasteiger partial charge in [0.25, 0.3) is 0 Å². The average Bonchev–Trinajstić information content (AvgIpc) is 2.54. The molecule has 142 valence electrons. The lowest BCUT2D eigenvalue weighted by Crippen LogP contribution is -2.44. The van der Waals surface area contributed by atoms with Gasteiger partial charge in [0, 0.05) is 30.4 Å². The SMILES string of the molecule is CCC(CNC(=NC)NC(C)CCS(C)(=O)=O)Cc1cccc(Br)c1. The quantitative estimate of drug-likeness (QED) is 0.465. The summed E-state index contributed by atoms with van der Waals surface area (Å²) >= 11 is 3.52. The summed E-state index contributed by atoms with van der Waals surface area (Å²) in [4.78, 5) is 4.24. The van der Waals surface area contributed by atoms with E-state index in [1.165, 1.54) is 11.8 Å². The number of rotatable bonds is 9. The van der Waals surface area contributed by atoms with Crippen LogP contribution in [-0.4, -0.2) is 46.0 Å². The van der Waals surface area contributed by atoms with Crippen LogP contribution in [0.5, 0.6) is 0 Å². The fourth-order valence-corrected chi connectivity index (χ4v) is 3.72. The Hall–Kier alpha value is -1.08. The molecule has 25 heavy (non-hydrogen) atoms. The van der Waals surface area contributed by atoms with Gasteiger partial charge in [-0.2, -0.15) is 0 Å². The van der Waals surface area contributed by atoms with Crippen molar-refractivity contribution < 1.29 is 8.42 Å². The molecule has 0 aliphatic heterocycles. The molecule has 0 aliphatic carbocycles. The van der Waals surface area contributed by atoms with Crippen LogP contribution < -0.4 is 10.6 Å². The topological polar surface area (TPSA) is 70.6 Å². The lowest BCUT2D eigenvalue weighted by molar-refractivity contribution is 0.490. The van der Waals surface area contributed by atoms with E-state index in [-0.39, 0.29) is 11.8 Å². The van der Waals surface area contributed by atoms with Crippen molar-refractivity contribution in [3.63, 3.8) is 0 Å². The number of guanidine groups is 1. The maximum atomic E-state index is 11.3. The Morgan fingerprint density at radius 2 is 2.08 bits per heavy atom. The van der Waals surface area contributed by atoms with Crippen LogP contribution in [0.1, 0.15) is 32.3 Å². The first-order chi connectivity index (χ1) is 11.7. The maximum Gasteiger partial charge on any atom is 0.191 e. The second kappa shape index (κ2) is 10.8. The third kappa shape index (κ3) is 9.84. The predicted octanol–water partition coefficient (Wildman–Crippen LogP) is 3.01. The molecule has 0 fully saturated rings. The number of benzene rings is 1. The highest BCUT2D eigenvalue weighted by Gasteiger charge is 2.12. The van der Waals surface area contributed by atoms with E-state index in [2.05, 4.69) is 56.7 Å². The van der Waals surface area contributed by atoms with Crippen molar-refractivity contribution in [1.82, 2.24) is 10.6 Å². The number of halogens is 1. The van der Waals surface area contributed by atoms with E-state index in [1.807, 2.05) is 13.0 Å². The first-order valence-corrected chi connectivity index (χ1v) is 11.5. The molecule has 0 spiro atoms. The normalized spacial score (nSPS) is 14.8. The molecule has 0 bridgehead atoms. The second-order valence-electron chi connectivity index (χ2n) is 6.53. The molecule has 0 saturated heterocycles. The monoisotopic (exact) mass is 431 g/mol. The molecule has 7 heteroatoms. The lowest BCUT2D eigenvalue weighted by Gasteiger charge is -2.21. The van der Waals surface area contributed by atoms with Crippen molar-refractivity contribution in [3.8, 4) is 0 Å². The van der Waals surface area contributed by atoms with Gasteiger partial charge in [-0.05, 0) is 43.4 Å². The molecule has 0 aromatic heterocycles. The second-order valence-corrected chi connectivity index (χ2v) is 9.70. The zero-order valence-corrected chi connectivity index (χ0v) is 18.0. The zero-order valence-electron chi connectivity index (χ0n) is 15.5. The third-order valence-electron chi connectivity index (χ3n) is 4.08. The number of sulfone groups is 1. The van der Waals surface area contributed by atoms with Crippen molar-refractivity contribution in [2.24, 2.45) is 10.9 Å². The summed E-state index contributed by atoms with van der Waals surface area (Å²) in [5.41, 5.74) is 1.31. The van der Waals surface area contributed by atoms with Crippen LogP contribution in [0, 0.1) is 5.92 Å². The summed E-state index contributed by atoms with van der Waals surface area (Å²) in [6, 6.07) is 8.44. The largest absolute Gasteiger partial charge is 0.356 e. The summed E-state index contributed by atoms with van der Waals surface area (Å²) in [5, 5.41) is 6.62. The highest BCUT2D eigenvalue weighted by molar-refractivity contribution is 9.10. The van der Waals surface area contributed by atoms with Crippen LogP contribution in [0.2, 0.25) is 0 Å². The van der Waals surface area contributed by atoms with Crippen LogP contribution in [0.4, 0.5) is 0 Å². The Balaban J connectivity index is 2.48. The molecule has 1 aromatic rings. The number of hydrogen-bond acceptors (Lipinski definition) is 3. The molecule has 2 unspecified atom stereocenters. The van der Waals surface area contributed by atoms with Crippen LogP contribution in [0.25, 0.3) is 0 Å². The van der Waals surface area contributed by atoms with Crippen molar-refractivity contribution >= 4 is 31.7 Å². The van der Waals surface area contributed by atoms with Gasteiger partial charge in [0.15, 0.2) is 5.96 Å². The minimum Gasteiger partial charge on any atom is -0.356 e. The van der Waals surface area contributed by atoms with E-state index < -0.39 is 9.84 Å². The fraction of sp³-hybridized carbons (Fsp3) is 0.611. The maximum absolute atomic E-state index is 11.3. The smallest absolute Gasteiger partial charge is 0.191 e. The molecule has 0 aliphatic rings. The number of nitrogens with zero attached hydrogens (tertiary/aromatic N) is 1. The summed E-state index contributed by atoms with van der Waals surface area (Å²) in [6.45, 7) is 4.98. The number of aliphatic imine (C=N–C) groups is 1. The zero-order chi connectivity index (χ0) is 18.9. The molecule has 1 rings (SSSR count). The highest BCUT2D eigenvalue weighted by Crippen LogP contribution is 2.16. The Labute approximate surface area is 160 Å². The Kier molecular flexibility index (Phi) is 9.50. The predicted molar refractivity (Wildman–Crippen MR) is 110 cm³/mol. The number of nitrogens with one attached hydrogen (secondary N) is 2. The molecule has 1 aromatic carbocycles. The van der Waals surface area contributed by atoms with E-state index >= 15 is 0 Å². The standard InChI is InChI=1S/C18H30BrN3O2S/c1-5-15(11-16-7-6-8-17(19)12-16)13-21-18(20-3)22-14(2)9-10-25(4,23)24/h6-8,12,14-15H,5,9-11,13H2,1-4H3,(H2,20,21,22). The highest BCUT2D eigenvalue weighted by atomic mass is 79.9. The van der Waals surface area contributed by atoms with E-state index in [1.54, 1.807) is 7.05 Å². The summed E-state index contributed by atoms with van der Waals surface area (Å²) < 4.78 is 23.6. The summed E-state index contributed by atoms with van der Waals surface area (Å²) in [6.07, 6.45) is 3.90. The molecular formula is C18H30BrN3O2S. The van der Waals surface area contributed by atoms with Gasteiger partial charge in [0.2, 0.25) is 0 Å². The van der Waals surface area contributed by atoms with E-state index in [0.717, 1.165) is 23.9 Å². The fourth-order valence-electron chi connectivity index (χ4n) is 2.49. The van der Waals surface area contributed by atoms with Crippen molar-refractivity contribution in [3.05, 3.63) is 34.3 Å². The van der Waals surface area contributed by atoms with Crippen molar-refractivity contribution in [2.75, 3.05) is 25.6 Å². The van der Waals surface area contributed by atoms with Gasteiger partial charge in [0.1, 0.15) is 9.84 Å². The lowest BCUT2D eigenvalue weighted by atomic mass is 9.97. The molecule has 5 nitrogen and oxygen atoms in total. The summed E-state index contributed by atoms with van der Waals surface area (Å²) in [7, 11) is -1.20. The van der Waals surface area contributed by atoms with Crippen LogP contribution >= 0.6 is 15.9 Å². The van der Waals surface area contributed by atoms with Gasteiger partial charge in [-0.15, -0.1) is 0 Å². The Bertz CT molecular complexity index is 662. The molecular weight excluding hydrogens is 402 g/mol. The van der Waals surface area contributed by atoms with Gasteiger partial charge in [-0.1, -0.05) is 41.4 Å². The Morgan fingerprint density at radius 1 is 1.36 bits per heavy atom. The van der Waals surface area contributed by atoms with Crippen LogP contribution in [0.3, 0.4) is 0 Å². The van der Waals surface area contributed by atoms with E-state index in [9.17, 15) is 8.42 Å². The van der Waals surface area contributed by atoms with Gasteiger partial charge in [-0.3, -0.25) is 4.99 Å². The Morgan fingerprint density at radius 3 is 2.64 bits per heavy atom.